The predicted molar refractivity (Wildman–Crippen MR) is 82.7 cm³/mol. The Balaban J connectivity index is 2.02. The molecule has 0 radical (unpaired) electrons. The minimum atomic E-state index is -0.939. The van der Waals surface area contributed by atoms with Crippen LogP contribution < -0.4 is 5.32 Å². The number of nitrogens with one attached hydrogen (secondary N) is 1. The molecule has 2 aromatic rings. The third-order valence-corrected chi connectivity index (χ3v) is 4.34. The summed E-state index contributed by atoms with van der Waals surface area (Å²) in [7, 11) is 0. The number of carbonyl (C=O) groups is 2. The van der Waals surface area contributed by atoms with Crippen LogP contribution in [0.25, 0.3) is 10.8 Å². The van der Waals surface area contributed by atoms with Gasteiger partial charge in [0.1, 0.15) is 5.76 Å². The molecule has 6 nitrogen and oxygen atoms in total. The quantitative estimate of drug-likeness (QED) is 0.852. The largest absolute Gasteiger partial charge is 0.481 e. The van der Waals surface area contributed by atoms with Gasteiger partial charge < -0.3 is 14.8 Å². The summed E-state index contributed by atoms with van der Waals surface area (Å²) in [5.74, 6) is -0.760. The van der Waals surface area contributed by atoms with Crippen molar-refractivity contribution < 1.29 is 19.1 Å². The Morgan fingerprint density at radius 1 is 1.45 bits per heavy atom. The SMILES string of the molecule is Cc1oc(-c2cccs2)nc1CC(=O)NC(C)C(C)C(=O)O. The van der Waals surface area contributed by atoms with Gasteiger partial charge in [-0.05, 0) is 32.2 Å². The maximum Gasteiger partial charge on any atom is 0.308 e. The standard InChI is InChI=1S/C15H18N2O4S/c1-8(15(19)20)9(2)16-13(18)7-11-10(3)21-14(17-11)12-5-4-6-22-12/h4-6,8-9H,7H2,1-3H3,(H,16,18)(H,19,20). The van der Waals surface area contributed by atoms with Crippen molar-refractivity contribution in [1.29, 1.82) is 0 Å². The third-order valence-electron chi connectivity index (χ3n) is 3.48. The fourth-order valence-electron chi connectivity index (χ4n) is 1.89. The van der Waals surface area contributed by atoms with E-state index >= 15 is 0 Å². The van der Waals surface area contributed by atoms with Gasteiger partial charge in [0, 0.05) is 6.04 Å². The number of nitrogens with zero attached hydrogens (tertiary/aromatic N) is 1. The molecule has 0 saturated heterocycles. The van der Waals surface area contributed by atoms with Crippen LogP contribution in [0.3, 0.4) is 0 Å². The molecule has 2 unspecified atom stereocenters. The van der Waals surface area contributed by atoms with Crippen molar-refractivity contribution in [3.63, 3.8) is 0 Å². The van der Waals surface area contributed by atoms with Gasteiger partial charge in [-0.15, -0.1) is 11.3 Å². The van der Waals surface area contributed by atoms with Gasteiger partial charge in [-0.2, -0.15) is 0 Å². The molecule has 0 saturated carbocycles. The molecule has 0 spiro atoms. The van der Waals surface area contributed by atoms with Crippen LogP contribution in [0.1, 0.15) is 25.3 Å². The summed E-state index contributed by atoms with van der Waals surface area (Å²) in [6.45, 7) is 4.99. The molecule has 0 bridgehead atoms. The average Bonchev–Trinajstić information content (AvgIpc) is 3.08. The van der Waals surface area contributed by atoms with E-state index in [0.717, 1.165) is 4.88 Å². The monoisotopic (exact) mass is 322 g/mol. The average molecular weight is 322 g/mol. The fraction of sp³-hybridized carbons (Fsp3) is 0.400. The van der Waals surface area contributed by atoms with Crippen molar-refractivity contribution in [2.45, 2.75) is 33.2 Å². The molecular formula is C15H18N2O4S. The first-order valence-corrected chi connectivity index (χ1v) is 7.78. The van der Waals surface area contributed by atoms with Crippen LogP contribution in [0.5, 0.6) is 0 Å². The number of oxazole rings is 1. The molecule has 2 rings (SSSR count). The van der Waals surface area contributed by atoms with E-state index < -0.39 is 17.9 Å². The first kappa shape index (κ1) is 16.2. The molecular weight excluding hydrogens is 304 g/mol. The number of rotatable bonds is 6. The summed E-state index contributed by atoms with van der Waals surface area (Å²) in [4.78, 5) is 28.2. The minimum absolute atomic E-state index is 0.0669. The normalized spacial score (nSPS) is 13.6. The summed E-state index contributed by atoms with van der Waals surface area (Å²) in [6.07, 6.45) is 0.0669. The Kier molecular flexibility index (Phi) is 4.97. The van der Waals surface area contributed by atoms with E-state index in [9.17, 15) is 9.59 Å². The van der Waals surface area contributed by atoms with Crippen LogP contribution in [-0.4, -0.2) is 28.0 Å². The number of hydrogen-bond donors (Lipinski definition) is 2. The molecule has 0 aromatic carbocycles. The highest BCUT2D eigenvalue weighted by Crippen LogP contribution is 2.26. The van der Waals surface area contributed by atoms with Crippen molar-refractivity contribution >= 4 is 23.2 Å². The molecule has 0 aliphatic rings. The molecule has 2 heterocycles. The minimum Gasteiger partial charge on any atom is -0.481 e. The Bertz CT molecular complexity index is 663. The number of aryl methyl sites for hydroxylation is 1. The zero-order valence-electron chi connectivity index (χ0n) is 12.6. The van der Waals surface area contributed by atoms with E-state index in [1.807, 2.05) is 17.5 Å². The fourth-order valence-corrected chi connectivity index (χ4v) is 2.54. The van der Waals surface area contributed by atoms with Crippen molar-refractivity contribution in [2.24, 2.45) is 5.92 Å². The number of carboxylic acid groups (broad SMARTS) is 1. The molecule has 7 heteroatoms. The second-order valence-electron chi connectivity index (χ2n) is 5.16. The summed E-state index contributed by atoms with van der Waals surface area (Å²) >= 11 is 1.51. The summed E-state index contributed by atoms with van der Waals surface area (Å²) in [5, 5.41) is 13.5. The van der Waals surface area contributed by atoms with Crippen LogP contribution >= 0.6 is 11.3 Å². The van der Waals surface area contributed by atoms with Gasteiger partial charge >= 0.3 is 5.97 Å². The van der Waals surface area contributed by atoms with Gasteiger partial charge in [0.2, 0.25) is 11.8 Å². The van der Waals surface area contributed by atoms with Gasteiger partial charge in [0.05, 0.1) is 22.9 Å². The zero-order valence-corrected chi connectivity index (χ0v) is 13.4. The van der Waals surface area contributed by atoms with Crippen molar-refractivity contribution in [1.82, 2.24) is 10.3 Å². The number of amides is 1. The van der Waals surface area contributed by atoms with E-state index in [1.165, 1.54) is 11.3 Å². The molecule has 2 aromatic heterocycles. The zero-order chi connectivity index (χ0) is 16.3. The Morgan fingerprint density at radius 3 is 2.77 bits per heavy atom. The number of aromatic nitrogens is 1. The summed E-state index contributed by atoms with van der Waals surface area (Å²) in [6, 6.07) is 3.35. The smallest absolute Gasteiger partial charge is 0.308 e. The Hall–Kier alpha value is -2.15. The van der Waals surface area contributed by atoms with E-state index in [4.69, 9.17) is 9.52 Å². The molecule has 0 aliphatic heterocycles. The van der Waals surface area contributed by atoms with Crippen molar-refractivity contribution in [3.05, 3.63) is 29.0 Å². The van der Waals surface area contributed by atoms with Gasteiger partial charge in [0.25, 0.3) is 0 Å². The number of thiophene rings is 1. The van der Waals surface area contributed by atoms with Crippen LogP contribution in [0.4, 0.5) is 0 Å². The van der Waals surface area contributed by atoms with Crippen LogP contribution in [-0.2, 0) is 16.0 Å². The predicted octanol–water partition coefficient (Wildman–Crippen LogP) is 2.48. The van der Waals surface area contributed by atoms with Crippen molar-refractivity contribution in [3.8, 4) is 10.8 Å². The van der Waals surface area contributed by atoms with Crippen molar-refractivity contribution in [2.75, 3.05) is 0 Å². The molecule has 2 N–H and O–H groups in total. The topological polar surface area (TPSA) is 92.4 Å². The maximum atomic E-state index is 12.0. The molecule has 0 fully saturated rings. The highest BCUT2D eigenvalue weighted by atomic mass is 32.1. The summed E-state index contributed by atoms with van der Waals surface area (Å²) < 4.78 is 5.58. The molecule has 1 amide bonds. The lowest BCUT2D eigenvalue weighted by molar-refractivity contribution is -0.142. The molecule has 22 heavy (non-hydrogen) atoms. The van der Waals surface area contributed by atoms with Crippen LogP contribution in [0.15, 0.2) is 21.9 Å². The van der Waals surface area contributed by atoms with E-state index in [-0.39, 0.29) is 12.3 Å². The lowest BCUT2D eigenvalue weighted by Gasteiger charge is -2.17. The summed E-state index contributed by atoms with van der Waals surface area (Å²) in [5.41, 5.74) is 0.566. The van der Waals surface area contributed by atoms with Gasteiger partial charge in [-0.3, -0.25) is 9.59 Å². The maximum absolute atomic E-state index is 12.0. The number of aliphatic carboxylic acids is 1. The highest BCUT2D eigenvalue weighted by Gasteiger charge is 2.22. The van der Waals surface area contributed by atoms with E-state index in [2.05, 4.69) is 10.3 Å². The second-order valence-corrected chi connectivity index (χ2v) is 6.11. The van der Waals surface area contributed by atoms with Gasteiger partial charge in [-0.25, -0.2) is 4.98 Å². The third kappa shape index (κ3) is 3.73. The number of carbonyl (C=O) groups excluding carboxylic acids is 1. The van der Waals surface area contributed by atoms with Crippen LogP contribution in [0.2, 0.25) is 0 Å². The van der Waals surface area contributed by atoms with E-state index in [1.54, 1.807) is 20.8 Å². The lowest BCUT2D eigenvalue weighted by atomic mass is 10.0. The molecule has 2 atom stereocenters. The highest BCUT2D eigenvalue weighted by molar-refractivity contribution is 7.13. The van der Waals surface area contributed by atoms with E-state index in [0.29, 0.717) is 17.3 Å². The molecule has 0 aliphatic carbocycles. The van der Waals surface area contributed by atoms with Gasteiger partial charge in [-0.1, -0.05) is 6.07 Å². The lowest BCUT2D eigenvalue weighted by Crippen LogP contribution is -2.40. The first-order chi connectivity index (χ1) is 10.4. The Morgan fingerprint density at radius 2 is 2.18 bits per heavy atom. The molecule has 118 valence electrons. The second kappa shape index (κ2) is 6.74. The Labute approximate surface area is 132 Å². The number of hydrogen-bond acceptors (Lipinski definition) is 5. The van der Waals surface area contributed by atoms with Crippen LogP contribution in [0, 0.1) is 12.8 Å². The van der Waals surface area contributed by atoms with Gasteiger partial charge in [0.15, 0.2) is 0 Å². The first-order valence-electron chi connectivity index (χ1n) is 6.90. The number of carboxylic acids is 1.